The van der Waals surface area contributed by atoms with E-state index in [1.54, 1.807) is 12.1 Å². The highest BCUT2D eigenvalue weighted by Crippen LogP contribution is 2.08. The van der Waals surface area contributed by atoms with E-state index in [4.69, 9.17) is 0 Å². The molecule has 0 aliphatic heterocycles. The Hall–Kier alpha value is -2.08. The third kappa shape index (κ3) is 3.25. The molecular formula is C13H12O3. The van der Waals surface area contributed by atoms with Gasteiger partial charge in [-0.15, -0.1) is 0 Å². The summed E-state index contributed by atoms with van der Waals surface area (Å²) in [5, 5.41) is 0. The van der Waals surface area contributed by atoms with E-state index < -0.39 is 0 Å². The third-order valence-electron chi connectivity index (χ3n) is 2.02. The van der Waals surface area contributed by atoms with Crippen LogP contribution in [0.1, 0.15) is 27.9 Å². The van der Waals surface area contributed by atoms with Crippen molar-refractivity contribution in [2.24, 2.45) is 0 Å². The molecule has 0 radical (unpaired) electrons. The molecule has 3 heteroatoms. The van der Waals surface area contributed by atoms with E-state index in [0.717, 1.165) is 11.8 Å². The van der Waals surface area contributed by atoms with Crippen molar-refractivity contribution in [2.75, 3.05) is 7.11 Å². The topological polar surface area (TPSA) is 43.4 Å². The van der Waals surface area contributed by atoms with Gasteiger partial charge in [-0.2, -0.15) is 0 Å². The van der Waals surface area contributed by atoms with Gasteiger partial charge in [0.05, 0.1) is 7.11 Å². The average Bonchev–Trinajstić information content (AvgIpc) is 2.30. The van der Waals surface area contributed by atoms with Crippen molar-refractivity contribution in [1.82, 2.24) is 0 Å². The van der Waals surface area contributed by atoms with Gasteiger partial charge in [0.2, 0.25) is 0 Å². The Bertz CT molecular complexity index is 464. The summed E-state index contributed by atoms with van der Waals surface area (Å²) in [7, 11) is 1.31. The van der Waals surface area contributed by atoms with Gasteiger partial charge in [0.25, 0.3) is 0 Å². The van der Waals surface area contributed by atoms with Crippen molar-refractivity contribution in [2.45, 2.75) is 13.3 Å². The Kier molecular flexibility index (Phi) is 4.28. The minimum absolute atomic E-state index is 0.0304. The van der Waals surface area contributed by atoms with Crippen molar-refractivity contribution in [3.63, 3.8) is 0 Å². The fourth-order valence-corrected chi connectivity index (χ4v) is 1.18. The first-order chi connectivity index (χ1) is 7.67. The van der Waals surface area contributed by atoms with Gasteiger partial charge in [0.1, 0.15) is 6.42 Å². The Balaban J connectivity index is 2.88. The number of aldehydes is 1. The molecule has 0 N–H and O–H groups in total. The van der Waals surface area contributed by atoms with Crippen molar-refractivity contribution < 1.29 is 14.3 Å². The normalized spacial score (nSPS) is 8.88. The summed E-state index contributed by atoms with van der Waals surface area (Å²) in [4.78, 5) is 21.6. The molecule has 0 aromatic heterocycles. The molecule has 0 saturated carbocycles. The van der Waals surface area contributed by atoms with Gasteiger partial charge in [0.15, 0.2) is 6.29 Å². The molecule has 16 heavy (non-hydrogen) atoms. The molecule has 0 saturated heterocycles. The van der Waals surface area contributed by atoms with Crippen molar-refractivity contribution in [1.29, 1.82) is 0 Å². The molecule has 0 bridgehead atoms. The maximum Gasteiger partial charge on any atom is 0.317 e. The molecule has 82 valence electrons. The van der Waals surface area contributed by atoms with E-state index >= 15 is 0 Å². The fourth-order valence-electron chi connectivity index (χ4n) is 1.18. The quantitative estimate of drug-likeness (QED) is 0.429. The largest absolute Gasteiger partial charge is 0.468 e. The lowest BCUT2D eigenvalue weighted by atomic mass is 10.1. The van der Waals surface area contributed by atoms with Crippen LogP contribution in [0.4, 0.5) is 0 Å². The molecular weight excluding hydrogens is 204 g/mol. The molecule has 1 aromatic rings. The Morgan fingerprint density at radius 2 is 2.25 bits per heavy atom. The summed E-state index contributed by atoms with van der Waals surface area (Å²) in [6.07, 6.45) is 0.790. The van der Waals surface area contributed by atoms with Gasteiger partial charge < -0.3 is 4.74 Å². The second-order valence-electron chi connectivity index (χ2n) is 3.26. The zero-order valence-corrected chi connectivity index (χ0v) is 9.24. The van der Waals surface area contributed by atoms with E-state index in [0.29, 0.717) is 11.1 Å². The number of carbonyl (C=O) groups excluding carboxylic acids is 2. The molecule has 0 spiro atoms. The van der Waals surface area contributed by atoms with Crippen LogP contribution >= 0.6 is 0 Å². The summed E-state index contributed by atoms with van der Waals surface area (Å²) >= 11 is 0. The van der Waals surface area contributed by atoms with E-state index in [1.165, 1.54) is 7.11 Å². The van der Waals surface area contributed by atoms with Crippen molar-refractivity contribution in [3.8, 4) is 11.8 Å². The van der Waals surface area contributed by atoms with Crippen LogP contribution in [0.2, 0.25) is 0 Å². The smallest absolute Gasteiger partial charge is 0.317 e. The van der Waals surface area contributed by atoms with Gasteiger partial charge in [-0.3, -0.25) is 9.59 Å². The third-order valence-corrected chi connectivity index (χ3v) is 2.02. The number of ether oxygens (including phenoxy) is 1. The van der Waals surface area contributed by atoms with Gasteiger partial charge in [-0.25, -0.2) is 0 Å². The van der Waals surface area contributed by atoms with Crippen LogP contribution in [0.15, 0.2) is 18.2 Å². The SMILES string of the molecule is COC(=O)CC#Cc1ccc(C)cc1C=O. The summed E-state index contributed by atoms with van der Waals surface area (Å²) in [5.74, 6) is 5.06. The zero-order valence-electron chi connectivity index (χ0n) is 9.24. The maximum atomic E-state index is 10.8. The molecule has 3 nitrogen and oxygen atoms in total. The molecule has 0 heterocycles. The first-order valence-corrected chi connectivity index (χ1v) is 4.79. The summed E-state index contributed by atoms with van der Waals surface area (Å²) in [6.45, 7) is 1.90. The number of esters is 1. The number of benzene rings is 1. The first kappa shape index (κ1) is 12.0. The number of methoxy groups -OCH3 is 1. The summed E-state index contributed by atoms with van der Waals surface area (Å²) in [6, 6.07) is 5.40. The molecule has 0 amide bonds. The maximum absolute atomic E-state index is 10.8. The predicted molar refractivity (Wildman–Crippen MR) is 60.1 cm³/mol. The zero-order chi connectivity index (χ0) is 12.0. The number of carbonyl (C=O) groups is 2. The highest BCUT2D eigenvalue weighted by atomic mass is 16.5. The molecule has 0 unspecified atom stereocenters. The first-order valence-electron chi connectivity index (χ1n) is 4.79. The van der Waals surface area contributed by atoms with E-state index in [2.05, 4.69) is 16.6 Å². The van der Waals surface area contributed by atoms with Gasteiger partial charge in [-0.05, 0) is 19.1 Å². The Morgan fingerprint density at radius 1 is 1.50 bits per heavy atom. The molecule has 0 atom stereocenters. The highest BCUT2D eigenvalue weighted by molar-refractivity contribution is 5.80. The van der Waals surface area contributed by atoms with Gasteiger partial charge >= 0.3 is 5.97 Å². The molecule has 0 fully saturated rings. The summed E-state index contributed by atoms with van der Waals surface area (Å²) < 4.78 is 4.45. The highest BCUT2D eigenvalue weighted by Gasteiger charge is 1.99. The van der Waals surface area contributed by atoms with E-state index in [1.807, 2.05) is 13.0 Å². The predicted octanol–water partition coefficient (Wildman–Crippen LogP) is 1.72. The molecule has 1 aromatic carbocycles. The van der Waals surface area contributed by atoms with Crippen LogP contribution in [-0.2, 0) is 9.53 Å². The molecule has 0 aliphatic carbocycles. The molecule has 1 rings (SSSR count). The molecule has 0 aliphatic rings. The standard InChI is InChI=1S/C13H12O3/c1-10-6-7-11(12(8-10)9-14)4-3-5-13(15)16-2/h6-9H,5H2,1-2H3. The minimum Gasteiger partial charge on any atom is -0.468 e. The van der Waals surface area contributed by atoms with Crippen LogP contribution < -0.4 is 0 Å². The van der Waals surface area contributed by atoms with Gasteiger partial charge in [0, 0.05) is 11.1 Å². The number of hydrogen-bond acceptors (Lipinski definition) is 3. The average molecular weight is 216 g/mol. The van der Waals surface area contributed by atoms with Crippen LogP contribution in [0.25, 0.3) is 0 Å². The monoisotopic (exact) mass is 216 g/mol. The Labute approximate surface area is 94.4 Å². The van der Waals surface area contributed by atoms with E-state index in [9.17, 15) is 9.59 Å². The Morgan fingerprint density at radius 3 is 2.88 bits per heavy atom. The second kappa shape index (κ2) is 5.72. The van der Waals surface area contributed by atoms with Crippen LogP contribution in [0.3, 0.4) is 0 Å². The number of hydrogen-bond donors (Lipinski definition) is 0. The van der Waals surface area contributed by atoms with Crippen molar-refractivity contribution in [3.05, 3.63) is 34.9 Å². The lowest BCUT2D eigenvalue weighted by molar-refractivity contribution is -0.139. The lowest BCUT2D eigenvalue weighted by Gasteiger charge is -1.97. The lowest BCUT2D eigenvalue weighted by Crippen LogP contribution is -1.97. The number of aryl methyl sites for hydroxylation is 1. The number of rotatable bonds is 2. The van der Waals surface area contributed by atoms with E-state index in [-0.39, 0.29) is 12.4 Å². The minimum atomic E-state index is -0.382. The van der Waals surface area contributed by atoms with Crippen molar-refractivity contribution >= 4 is 12.3 Å². The van der Waals surface area contributed by atoms with Crippen LogP contribution in [0.5, 0.6) is 0 Å². The van der Waals surface area contributed by atoms with Crippen LogP contribution in [0, 0.1) is 18.8 Å². The van der Waals surface area contributed by atoms with Crippen LogP contribution in [-0.4, -0.2) is 19.4 Å². The fraction of sp³-hybridized carbons (Fsp3) is 0.231. The summed E-state index contributed by atoms with van der Waals surface area (Å²) in [5.41, 5.74) is 2.17. The second-order valence-corrected chi connectivity index (χ2v) is 3.26. The van der Waals surface area contributed by atoms with Gasteiger partial charge in [-0.1, -0.05) is 23.5 Å².